The van der Waals surface area contributed by atoms with Crippen LogP contribution in [0.3, 0.4) is 0 Å². The van der Waals surface area contributed by atoms with Gasteiger partial charge in [0.05, 0.1) is 0 Å². The van der Waals surface area contributed by atoms with Crippen LogP contribution < -0.4 is 21.3 Å². The predicted molar refractivity (Wildman–Crippen MR) is 70.1 cm³/mol. The monoisotopic (exact) mass is 240 g/mol. The minimum absolute atomic E-state index is 1.14. The molecule has 0 aromatic carbocycles. The van der Waals surface area contributed by atoms with E-state index in [1.807, 2.05) is 6.07 Å². The molecule has 5 N–H and O–H groups in total. The fourth-order valence-electron chi connectivity index (χ4n) is 1.42. The third-order valence-corrected chi connectivity index (χ3v) is 2.32. The van der Waals surface area contributed by atoms with Gasteiger partial charge >= 0.3 is 0 Å². The highest BCUT2D eigenvalue weighted by Gasteiger charge is 1.92. The number of piperazine rings is 2. The molecule has 1 aromatic heterocycles. The number of nitrogens with zero attached hydrogens (tertiary/aromatic N) is 1. The average molecular weight is 240 g/mol. The molecule has 3 rings (SSSR count). The zero-order chi connectivity index (χ0) is 12.0. The second-order valence-electron chi connectivity index (χ2n) is 3.77. The van der Waals surface area contributed by atoms with Crippen molar-refractivity contribution in [3.8, 4) is 0 Å². The third-order valence-electron chi connectivity index (χ3n) is 2.32. The second kappa shape index (κ2) is 11.5. The molecular weight excluding hydrogens is 216 g/mol. The zero-order valence-electron chi connectivity index (χ0n) is 10.3. The summed E-state index contributed by atoms with van der Waals surface area (Å²) in [6, 6.07) is 1.83. The van der Waals surface area contributed by atoms with Crippen LogP contribution in [0.25, 0.3) is 0 Å². The predicted octanol–water partition coefficient (Wildman–Crippen LogP) is -1.23. The quantitative estimate of drug-likeness (QED) is 0.392. The standard InChI is InChI=1S/2C4H10N2.C3H4N2/c2*1-2-6-4-3-5-1;1-2-4-5-3-1/h2*5-6H,1-4H2;1-3H,(H,4,5). The number of hydrogen-bond donors (Lipinski definition) is 5. The molecule has 0 saturated carbocycles. The van der Waals surface area contributed by atoms with Crippen LogP contribution in [0.4, 0.5) is 0 Å². The first kappa shape index (κ1) is 14.1. The Morgan fingerprint density at radius 1 is 0.647 bits per heavy atom. The van der Waals surface area contributed by atoms with E-state index in [0.29, 0.717) is 0 Å². The average Bonchev–Trinajstić information content (AvgIpc) is 3.03. The van der Waals surface area contributed by atoms with E-state index < -0.39 is 0 Å². The summed E-state index contributed by atoms with van der Waals surface area (Å²) in [5.41, 5.74) is 0. The van der Waals surface area contributed by atoms with Crippen molar-refractivity contribution in [1.82, 2.24) is 31.5 Å². The highest BCUT2D eigenvalue weighted by molar-refractivity contribution is 4.72. The largest absolute Gasteiger partial charge is 0.314 e. The Kier molecular flexibility index (Phi) is 9.57. The molecule has 98 valence electrons. The van der Waals surface area contributed by atoms with Gasteiger partial charge in [0.25, 0.3) is 0 Å². The summed E-state index contributed by atoms with van der Waals surface area (Å²) in [4.78, 5) is 0. The maximum atomic E-state index is 3.60. The number of hydrogen-bond acceptors (Lipinski definition) is 5. The van der Waals surface area contributed by atoms with E-state index in [1.165, 1.54) is 0 Å². The third kappa shape index (κ3) is 9.95. The van der Waals surface area contributed by atoms with E-state index in [-0.39, 0.29) is 0 Å². The molecule has 0 bridgehead atoms. The van der Waals surface area contributed by atoms with Crippen LogP contribution in [-0.2, 0) is 0 Å². The Labute approximate surface area is 103 Å². The number of nitrogens with one attached hydrogen (secondary N) is 5. The number of aromatic amines is 1. The Hall–Kier alpha value is -0.950. The molecule has 0 aliphatic carbocycles. The van der Waals surface area contributed by atoms with E-state index in [0.717, 1.165) is 52.4 Å². The number of rotatable bonds is 0. The Morgan fingerprint density at radius 3 is 1.18 bits per heavy atom. The summed E-state index contributed by atoms with van der Waals surface area (Å²) in [6.45, 7) is 9.11. The van der Waals surface area contributed by atoms with Crippen LogP contribution in [0.15, 0.2) is 18.5 Å². The van der Waals surface area contributed by atoms with Gasteiger partial charge in [0.2, 0.25) is 0 Å². The molecule has 0 unspecified atom stereocenters. The van der Waals surface area contributed by atoms with Crippen LogP contribution >= 0.6 is 0 Å². The lowest BCUT2D eigenvalue weighted by molar-refractivity contribution is 0.534. The highest BCUT2D eigenvalue weighted by atomic mass is 15.1. The van der Waals surface area contributed by atoms with Gasteiger partial charge in [-0.2, -0.15) is 5.10 Å². The molecule has 6 heteroatoms. The summed E-state index contributed by atoms with van der Waals surface area (Å²) in [6.07, 6.45) is 3.46. The van der Waals surface area contributed by atoms with Crippen molar-refractivity contribution in [2.45, 2.75) is 0 Å². The first-order valence-corrected chi connectivity index (χ1v) is 6.27. The van der Waals surface area contributed by atoms with E-state index in [4.69, 9.17) is 0 Å². The van der Waals surface area contributed by atoms with Gasteiger partial charge < -0.3 is 21.3 Å². The van der Waals surface area contributed by atoms with Crippen molar-refractivity contribution in [2.24, 2.45) is 0 Å². The molecular formula is C11H24N6. The fraction of sp³-hybridized carbons (Fsp3) is 0.727. The van der Waals surface area contributed by atoms with Gasteiger partial charge in [-0.1, -0.05) is 0 Å². The molecule has 2 fully saturated rings. The zero-order valence-corrected chi connectivity index (χ0v) is 10.3. The minimum Gasteiger partial charge on any atom is -0.314 e. The van der Waals surface area contributed by atoms with Crippen LogP contribution in [-0.4, -0.2) is 62.6 Å². The van der Waals surface area contributed by atoms with Gasteiger partial charge in [-0.15, -0.1) is 0 Å². The smallest absolute Gasteiger partial charge is 0.0487 e. The van der Waals surface area contributed by atoms with Crippen molar-refractivity contribution in [3.63, 3.8) is 0 Å². The molecule has 0 radical (unpaired) electrons. The first-order valence-electron chi connectivity index (χ1n) is 6.27. The van der Waals surface area contributed by atoms with Gasteiger partial charge in [-0.3, -0.25) is 5.10 Å². The first-order chi connectivity index (χ1) is 8.50. The lowest BCUT2D eigenvalue weighted by atomic mass is 10.4. The van der Waals surface area contributed by atoms with Crippen LogP contribution in [0.1, 0.15) is 0 Å². The van der Waals surface area contributed by atoms with Crippen molar-refractivity contribution >= 4 is 0 Å². The van der Waals surface area contributed by atoms with Crippen LogP contribution in [0, 0.1) is 0 Å². The van der Waals surface area contributed by atoms with Crippen molar-refractivity contribution < 1.29 is 0 Å². The molecule has 0 amide bonds. The normalized spacial score (nSPS) is 19.3. The van der Waals surface area contributed by atoms with Gasteiger partial charge in [0.1, 0.15) is 0 Å². The van der Waals surface area contributed by atoms with Crippen molar-refractivity contribution in [2.75, 3.05) is 52.4 Å². The second-order valence-corrected chi connectivity index (χ2v) is 3.77. The summed E-state index contributed by atoms with van der Waals surface area (Å²) < 4.78 is 0. The lowest BCUT2D eigenvalue weighted by Crippen LogP contribution is -2.39. The van der Waals surface area contributed by atoms with Crippen molar-refractivity contribution in [3.05, 3.63) is 18.5 Å². The molecule has 2 aliphatic heterocycles. The molecule has 0 spiro atoms. The van der Waals surface area contributed by atoms with Gasteiger partial charge in [-0.25, -0.2) is 0 Å². The van der Waals surface area contributed by atoms with Crippen LogP contribution in [0.5, 0.6) is 0 Å². The van der Waals surface area contributed by atoms with Gasteiger partial charge in [-0.05, 0) is 6.07 Å². The number of H-pyrrole nitrogens is 1. The molecule has 0 atom stereocenters. The topological polar surface area (TPSA) is 76.8 Å². The van der Waals surface area contributed by atoms with E-state index in [9.17, 15) is 0 Å². The highest BCUT2D eigenvalue weighted by Crippen LogP contribution is 1.66. The molecule has 6 nitrogen and oxygen atoms in total. The Balaban J connectivity index is 0.000000128. The Bertz CT molecular complexity index is 166. The molecule has 2 saturated heterocycles. The summed E-state index contributed by atoms with van der Waals surface area (Å²) in [5.74, 6) is 0. The van der Waals surface area contributed by atoms with E-state index in [2.05, 4.69) is 31.5 Å². The molecule has 1 aromatic rings. The van der Waals surface area contributed by atoms with Gasteiger partial charge in [0.15, 0.2) is 0 Å². The fourth-order valence-corrected chi connectivity index (χ4v) is 1.42. The molecule has 17 heavy (non-hydrogen) atoms. The van der Waals surface area contributed by atoms with Crippen molar-refractivity contribution in [1.29, 1.82) is 0 Å². The molecule has 3 heterocycles. The molecule has 2 aliphatic rings. The Morgan fingerprint density at radius 2 is 1.06 bits per heavy atom. The minimum atomic E-state index is 1.14. The van der Waals surface area contributed by atoms with Crippen LogP contribution in [0.2, 0.25) is 0 Å². The summed E-state index contributed by atoms with van der Waals surface area (Å²) >= 11 is 0. The summed E-state index contributed by atoms with van der Waals surface area (Å²) in [5, 5.41) is 19.1. The summed E-state index contributed by atoms with van der Waals surface area (Å²) in [7, 11) is 0. The number of aromatic nitrogens is 2. The maximum Gasteiger partial charge on any atom is 0.0487 e. The SMILES string of the molecule is C1CNCCN1.C1CNCCN1.c1cn[nH]c1. The maximum absolute atomic E-state index is 3.60. The lowest BCUT2D eigenvalue weighted by Gasteiger charge is -2.11. The van der Waals surface area contributed by atoms with Gasteiger partial charge in [0, 0.05) is 64.8 Å². The van der Waals surface area contributed by atoms with E-state index in [1.54, 1.807) is 12.4 Å². The van der Waals surface area contributed by atoms with E-state index >= 15 is 0 Å².